The number of fused-ring (bicyclic) bond motifs is 1. The van der Waals surface area contributed by atoms with Crippen molar-refractivity contribution >= 4 is 45.3 Å². The smallest absolute Gasteiger partial charge is 0.347 e. The Bertz CT molecular complexity index is 919. The van der Waals surface area contributed by atoms with Crippen LogP contribution in [0.1, 0.15) is 22.3 Å². The fourth-order valence-electron chi connectivity index (χ4n) is 2.58. The number of carbonyl (C=O) groups excluding carboxylic acids is 2. The van der Waals surface area contributed by atoms with Gasteiger partial charge in [-0.05, 0) is 29.8 Å². The minimum atomic E-state index is -0.781. The van der Waals surface area contributed by atoms with Gasteiger partial charge in [-0.25, -0.2) is 14.6 Å². The molecule has 1 atom stereocenters. The standard InChI is InChI=1S/C19H15NO4S2/c21-17(24-15-9-10-23-18(15)22)13-7-5-12(6-8-13)11-25-19-20-14-3-1-2-4-16(14)26-19/h1-8,15H,9-11H2/t15-/m0/s1. The lowest BCUT2D eigenvalue weighted by Crippen LogP contribution is -2.22. The maximum atomic E-state index is 12.1. The summed E-state index contributed by atoms with van der Waals surface area (Å²) in [5, 5.41) is 0. The number of thioether (sulfide) groups is 1. The fourth-order valence-corrected chi connectivity index (χ4v) is 4.60. The number of rotatable bonds is 5. The van der Waals surface area contributed by atoms with E-state index in [1.165, 1.54) is 4.70 Å². The highest BCUT2D eigenvalue weighted by Gasteiger charge is 2.30. The minimum Gasteiger partial charge on any atom is -0.463 e. The molecule has 0 aliphatic carbocycles. The lowest BCUT2D eigenvalue weighted by Gasteiger charge is -2.08. The molecule has 0 N–H and O–H groups in total. The number of para-hydroxylation sites is 1. The fraction of sp³-hybridized carbons (Fsp3) is 0.211. The number of ether oxygens (including phenoxy) is 2. The average Bonchev–Trinajstić information content (AvgIpc) is 3.26. The molecule has 1 fully saturated rings. The molecule has 4 rings (SSSR count). The van der Waals surface area contributed by atoms with Crippen LogP contribution in [0, 0.1) is 0 Å². The van der Waals surface area contributed by atoms with Crippen LogP contribution in [-0.2, 0) is 20.0 Å². The molecule has 1 saturated heterocycles. The van der Waals surface area contributed by atoms with Gasteiger partial charge in [0.05, 0.1) is 22.4 Å². The van der Waals surface area contributed by atoms with Gasteiger partial charge >= 0.3 is 11.9 Å². The molecular weight excluding hydrogens is 370 g/mol. The number of hydrogen-bond donors (Lipinski definition) is 0. The quantitative estimate of drug-likeness (QED) is 0.487. The molecule has 0 saturated carbocycles. The van der Waals surface area contributed by atoms with Crippen molar-refractivity contribution in [2.45, 2.75) is 22.6 Å². The second-order valence-electron chi connectivity index (χ2n) is 5.78. The minimum absolute atomic E-state index is 0.304. The molecule has 0 amide bonds. The number of esters is 2. The summed E-state index contributed by atoms with van der Waals surface area (Å²) >= 11 is 3.35. The number of cyclic esters (lactones) is 1. The summed E-state index contributed by atoms with van der Waals surface area (Å²) in [4.78, 5) is 28.1. The lowest BCUT2D eigenvalue weighted by molar-refractivity contribution is -0.145. The molecule has 0 radical (unpaired) electrons. The predicted molar refractivity (Wildman–Crippen MR) is 100 cm³/mol. The van der Waals surface area contributed by atoms with E-state index >= 15 is 0 Å². The van der Waals surface area contributed by atoms with Gasteiger partial charge in [0.25, 0.3) is 0 Å². The number of benzene rings is 2. The summed E-state index contributed by atoms with van der Waals surface area (Å²) in [5.41, 5.74) is 2.54. The molecule has 5 nitrogen and oxygen atoms in total. The third kappa shape index (κ3) is 3.73. The Hall–Kier alpha value is -2.38. The van der Waals surface area contributed by atoms with E-state index in [1.54, 1.807) is 35.2 Å². The molecule has 7 heteroatoms. The molecule has 0 unspecified atom stereocenters. The van der Waals surface area contributed by atoms with Gasteiger partial charge in [0.2, 0.25) is 6.10 Å². The summed E-state index contributed by atoms with van der Waals surface area (Å²) in [7, 11) is 0. The van der Waals surface area contributed by atoms with Crippen LogP contribution in [0.25, 0.3) is 10.2 Å². The molecule has 26 heavy (non-hydrogen) atoms. The van der Waals surface area contributed by atoms with E-state index in [4.69, 9.17) is 9.47 Å². The summed E-state index contributed by atoms with van der Waals surface area (Å²) in [6.45, 7) is 0.304. The first kappa shape index (κ1) is 17.1. The SMILES string of the molecule is O=C(O[C@H]1CCOC1=O)c1ccc(CSc2nc3ccccc3s2)cc1. The van der Waals surface area contributed by atoms with E-state index in [0.29, 0.717) is 18.6 Å². The van der Waals surface area contributed by atoms with Crippen LogP contribution in [0.4, 0.5) is 0 Å². The molecule has 0 spiro atoms. The second-order valence-corrected chi connectivity index (χ2v) is 8.04. The molecule has 0 bridgehead atoms. The molecule has 2 aromatic carbocycles. The van der Waals surface area contributed by atoms with Crippen molar-refractivity contribution in [3.05, 3.63) is 59.7 Å². The number of hydrogen-bond acceptors (Lipinski definition) is 7. The van der Waals surface area contributed by atoms with E-state index in [-0.39, 0.29) is 0 Å². The van der Waals surface area contributed by atoms with E-state index < -0.39 is 18.0 Å². The van der Waals surface area contributed by atoms with Crippen LogP contribution in [0.5, 0.6) is 0 Å². The first-order chi connectivity index (χ1) is 12.7. The van der Waals surface area contributed by atoms with Gasteiger partial charge in [0.15, 0.2) is 4.34 Å². The van der Waals surface area contributed by atoms with E-state index in [0.717, 1.165) is 21.2 Å². The Morgan fingerprint density at radius 3 is 2.77 bits per heavy atom. The molecule has 1 aliphatic rings. The van der Waals surface area contributed by atoms with Crippen LogP contribution in [-0.4, -0.2) is 29.6 Å². The zero-order valence-corrected chi connectivity index (χ0v) is 15.3. The Morgan fingerprint density at radius 2 is 2.04 bits per heavy atom. The van der Waals surface area contributed by atoms with E-state index in [9.17, 15) is 9.59 Å². The molecule has 132 valence electrons. The van der Waals surface area contributed by atoms with Crippen molar-refractivity contribution in [1.29, 1.82) is 0 Å². The number of nitrogens with zero attached hydrogens (tertiary/aromatic N) is 1. The third-order valence-electron chi connectivity index (χ3n) is 3.96. The van der Waals surface area contributed by atoms with Gasteiger partial charge in [-0.1, -0.05) is 36.0 Å². The van der Waals surface area contributed by atoms with Gasteiger partial charge in [0, 0.05) is 12.2 Å². The van der Waals surface area contributed by atoms with Crippen LogP contribution in [0.2, 0.25) is 0 Å². The van der Waals surface area contributed by atoms with Crippen LogP contribution < -0.4 is 0 Å². The van der Waals surface area contributed by atoms with Gasteiger partial charge in [0.1, 0.15) is 0 Å². The first-order valence-electron chi connectivity index (χ1n) is 8.14. The Kier molecular flexibility index (Phi) is 4.90. The largest absolute Gasteiger partial charge is 0.463 e. The van der Waals surface area contributed by atoms with Crippen molar-refractivity contribution in [2.75, 3.05) is 6.61 Å². The molecule has 1 aromatic heterocycles. The zero-order valence-electron chi connectivity index (χ0n) is 13.7. The average molecular weight is 385 g/mol. The summed E-state index contributed by atoms with van der Waals surface area (Å²) < 4.78 is 12.2. The maximum Gasteiger partial charge on any atom is 0.347 e. The van der Waals surface area contributed by atoms with Crippen molar-refractivity contribution in [1.82, 2.24) is 4.98 Å². The van der Waals surface area contributed by atoms with Crippen molar-refractivity contribution in [2.24, 2.45) is 0 Å². The Morgan fingerprint density at radius 1 is 1.23 bits per heavy atom. The first-order valence-corrected chi connectivity index (χ1v) is 9.94. The van der Waals surface area contributed by atoms with Crippen molar-refractivity contribution < 1.29 is 19.1 Å². The molecular formula is C19H15NO4S2. The summed E-state index contributed by atoms with van der Waals surface area (Å²) in [6.07, 6.45) is -0.363. The molecule has 2 heterocycles. The lowest BCUT2D eigenvalue weighted by atomic mass is 10.1. The Labute approximate surface area is 158 Å². The third-order valence-corrected chi connectivity index (χ3v) is 6.21. The second kappa shape index (κ2) is 7.47. The normalized spacial score (nSPS) is 16.6. The highest BCUT2D eigenvalue weighted by atomic mass is 32.2. The van der Waals surface area contributed by atoms with Gasteiger partial charge in [-0.2, -0.15) is 0 Å². The van der Waals surface area contributed by atoms with E-state index in [2.05, 4.69) is 11.1 Å². The van der Waals surface area contributed by atoms with Crippen molar-refractivity contribution in [3.63, 3.8) is 0 Å². The molecule has 1 aliphatic heterocycles. The highest BCUT2D eigenvalue weighted by molar-refractivity contribution is 8.00. The topological polar surface area (TPSA) is 65.5 Å². The van der Waals surface area contributed by atoms with E-state index in [1.807, 2.05) is 30.3 Å². The van der Waals surface area contributed by atoms with Crippen LogP contribution in [0.15, 0.2) is 52.9 Å². The molecule has 3 aromatic rings. The predicted octanol–water partition coefficient (Wildman–Crippen LogP) is 4.06. The van der Waals surface area contributed by atoms with Crippen LogP contribution in [0.3, 0.4) is 0 Å². The zero-order chi connectivity index (χ0) is 17.9. The van der Waals surface area contributed by atoms with Gasteiger partial charge in [-0.3, -0.25) is 0 Å². The maximum absolute atomic E-state index is 12.1. The van der Waals surface area contributed by atoms with Gasteiger partial charge < -0.3 is 9.47 Å². The van der Waals surface area contributed by atoms with Crippen LogP contribution >= 0.6 is 23.1 Å². The van der Waals surface area contributed by atoms with Gasteiger partial charge in [-0.15, -0.1) is 11.3 Å². The Balaban J connectivity index is 1.36. The number of aromatic nitrogens is 1. The monoisotopic (exact) mass is 385 g/mol. The summed E-state index contributed by atoms with van der Waals surface area (Å²) in [6, 6.07) is 15.3. The number of carbonyl (C=O) groups is 2. The number of thiazole rings is 1. The van der Waals surface area contributed by atoms with Crippen molar-refractivity contribution in [3.8, 4) is 0 Å². The highest BCUT2D eigenvalue weighted by Crippen LogP contribution is 2.31. The summed E-state index contributed by atoms with van der Waals surface area (Å²) in [5.74, 6) is -0.203.